The summed E-state index contributed by atoms with van der Waals surface area (Å²) in [6.07, 6.45) is 26.1. The summed E-state index contributed by atoms with van der Waals surface area (Å²) < 4.78 is 29.9. The molecule has 35 heavy (non-hydrogen) atoms. The Hall–Kier alpha value is -1.70. The highest BCUT2D eigenvalue weighted by Gasteiger charge is 2.29. The molecule has 2 fully saturated rings. The molecule has 192 valence electrons. The molecule has 0 saturated heterocycles. The first kappa shape index (κ1) is 26.4. The zero-order valence-corrected chi connectivity index (χ0v) is 21.9. The molecule has 4 rings (SSSR count). The molecule has 1 aromatic rings. The molecule has 0 radical (unpaired) electrons. The van der Waals surface area contributed by atoms with Crippen molar-refractivity contribution in [1.29, 1.82) is 0 Å². The lowest BCUT2D eigenvalue weighted by Crippen LogP contribution is -2.23. The highest BCUT2D eigenvalue weighted by atomic mass is 19.2. The average molecular weight is 481 g/mol. The van der Waals surface area contributed by atoms with Gasteiger partial charge in [0.1, 0.15) is 0 Å². The topological polar surface area (TPSA) is 0 Å². The van der Waals surface area contributed by atoms with Crippen molar-refractivity contribution in [2.24, 2.45) is 29.6 Å². The van der Waals surface area contributed by atoms with Crippen LogP contribution in [0.2, 0.25) is 0 Å². The van der Waals surface area contributed by atoms with Gasteiger partial charge in [-0.05, 0) is 111 Å². The number of rotatable bonds is 9. The maximum Gasteiger partial charge on any atom is 0.166 e. The van der Waals surface area contributed by atoms with E-state index in [0.717, 1.165) is 55.4 Å². The van der Waals surface area contributed by atoms with Gasteiger partial charge in [-0.25, -0.2) is 8.78 Å². The molecule has 1 aromatic carbocycles. The van der Waals surface area contributed by atoms with E-state index in [-0.39, 0.29) is 0 Å². The summed E-state index contributed by atoms with van der Waals surface area (Å²) in [7, 11) is 0. The van der Waals surface area contributed by atoms with Crippen molar-refractivity contribution in [3.63, 3.8) is 0 Å². The monoisotopic (exact) mass is 480 g/mol. The Labute approximate surface area is 213 Å². The minimum atomic E-state index is -0.639. The van der Waals surface area contributed by atoms with Crippen LogP contribution >= 0.6 is 0 Å². The Bertz CT molecular complexity index is 879. The molecule has 1 atom stereocenters. The SMILES string of the molecule is C=CCCC1CCC(C2CC=C(c3ccc(CC/C=C/C4CCC(C)CC4)c(F)c3F)CC2)CC1. The molecule has 0 nitrogen and oxygen atoms in total. The third kappa shape index (κ3) is 7.17. The third-order valence-electron chi connectivity index (χ3n) is 9.35. The summed E-state index contributed by atoms with van der Waals surface area (Å²) in [6.45, 7) is 6.19. The lowest BCUT2D eigenvalue weighted by molar-refractivity contribution is 0.190. The predicted molar refractivity (Wildman–Crippen MR) is 145 cm³/mol. The molecular formula is C33H46F2. The van der Waals surface area contributed by atoms with Gasteiger partial charge >= 0.3 is 0 Å². The number of allylic oxidation sites excluding steroid dienone is 5. The van der Waals surface area contributed by atoms with E-state index in [2.05, 4.69) is 31.7 Å². The van der Waals surface area contributed by atoms with E-state index >= 15 is 4.39 Å². The standard InChI is InChI=1S/C33H46F2/c1-3-4-7-25-14-16-27(17-15-25)28-18-20-29(21-19-28)31-23-22-30(32(34)33(31)35)9-6-5-8-26-12-10-24(2)11-13-26/h3,5,8,20,22-28H,1,4,6-7,9-19,21H2,2H3/b8-5+. The Kier molecular flexibility index (Phi) is 9.81. The summed E-state index contributed by atoms with van der Waals surface area (Å²) in [4.78, 5) is 0. The number of hydrogen-bond donors (Lipinski definition) is 0. The van der Waals surface area contributed by atoms with E-state index in [1.54, 1.807) is 0 Å². The number of hydrogen-bond acceptors (Lipinski definition) is 0. The van der Waals surface area contributed by atoms with Crippen LogP contribution in [0.4, 0.5) is 8.78 Å². The largest absolute Gasteiger partial charge is 0.203 e. The fourth-order valence-electron chi connectivity index (χ4n) is 6.87. The second-order valence-electron chi connectivity index (χ2n) is 11.8. The summed E-state index contributed by atoms with van der Waals surface area (Å²) in [5, 5.41) is 0. The molecule has 3 aliphatic rings. The molecule has 1 unspecified atom stereocenters. The van der Waals surface area contributed by atoms with Gasteiger partial charge in [0.2, 0.25) is 0 Å². The van der Waals surface area contributed by atoms with Crippen LogP contribution in [0.1, 0.15) is 108 Å². The van der Waals surface area contributed by atoms with Gasteiger partial charge in [0, 0.05) is 5.56 Å². The van der Waals surface area contributed by atoms with Crippen molar-refractivity contribution in [1.82, 2.24) is 0 Å². The van der Waals surface area contributed by atoms with Crippen LogP contribution in [0.15, 0.2) is 43.0 Å². The Morgan fingerprint density at radius 1 is 0.886 bits per heavy atom. The first-order valence-electron chi connectivity index (χ1n) is 14.5. The van der Waals surface area contributed by atoms with Crippen molar-refractivity contribution in [2.45, 2.75) is 103 Å². The molecule has 0 spiro atoms. The van der Waals surface area contributed by atoms with Gasteiger partial charge in [0.05, 0.1) is 0 Å². The van der Waals surface area contributed by atoms with Gasteiger partial charge in [-0.15, -0.1) is 6.58 Å². The van der Waals surface area contributed by atoms with Gasteiger partial charge < -0.3 is 0 Å². The molecule has 2 heteroatoms. The van der Waals surface area contributed by atoms with Gasteiger partial charge in [-0.2, -0.15) is 0 Å². The molecule has 0 aliphatic heterocycles. The van der Waals surface area contributed by atoms with Crippen LogP contribution < -0.4 is 0 Å². The van der Waals surface area contributed by atoms with Crippen molar-refractivity contribution >= 4 is 5.57 Å². The maximum atomic E-state index is 15.0. The summed E-state index contributed by atoms with van der Waals surface area (Å²) in [5.41, 5.74) is 2.01. The normalized spacial score (nSPS) is 29.8. The fourth-order valence-corrected chi connectivity index (χ4v) is 6.87. The van der Waals surface area contributed by atoms with Crippen molar-refractivity contribution in [3.05, 3.63) is 65.8 Å². The van der Waals surface area contributed by atoms with Crippen LogP contribution in [0.3, 0.4) is 0 Å². The second kappa shape index (κ2) is 13.0. The van der Waals surface area contributed by atoms with E-state index in [1.807, 2.05) is 18.2 Å². The van der Waals surface area contributed by atoms with Crippen molar-refractivity contribution in [2.75, 3.05) is 0 Å². The van der Waals surface area contributed by atoms with E-state index in [4.69, 9.17) is 0 Å². The molecule has 0 aromatic heterocycles. The molecule has 2 saturated carbocycles. The van der Waals surface area contributed by atoms with Gasteiger partial charge in [0.25, 0.3) is 0 Å². The molecule has 3 aliphatic carbocycles. The quantitative estimate of drug-likeness (QED) is 0.308. The number of benzene rings is 1. The van der Waals surface area contributed by atoms with Crippen LogP contribution in [0.5, 0.6) is 0 Å². The molecule has 0 heterocycles. The molecular weight excluding hydrogens is 434 g/mol. The van der Waals surface area contributed by atoms with Crippen LogP contribution in [0, 0.1) is 41.2 Å². The third-order valence-corrected chi connectivity index (χ3v) is 9.35. The predicted octanol–water partition coefficient (Wildman–Crippen LogP) is 10.2. The molecule has 0 bridgehead atoms. The van der Waals surface area contributed by atoms with E-state index < -0.39 is 11.6 Å². The van der Waals surface area contributed by atoms with Gasteiger partial charge in [0.15, 0.2) is 11.6 Å². The van der Waals surface area contributed by atoms with Gasteiger partial charge in [-0.3, -0.25) is 0 Å². The van der Waals surface area contributed by atoms with Crippen molar-refractivity contribution < 1.29 is 8.78 Å². The lowest BCUT2D eigenvalue weighted by atomic mass is 9.70. The molecule has 0 N–H and O–H groups in total. The van der Waals surface area contributed by atoms with Crippen LogP contribution in [-0.2, 0) is 6.42 Å². The maximum absolute atomic E-state index is 15.0. The van der Waals surface area contributed by atoms with E-state index in [9.17, 15) is 4.39 Å². The summed E-state index contributed by atoms with van der Waals surface area (Å²) in [5.74, 6) is 2.65. The van der Waals surface area contributed by atoms with Crippen LogP contribution in [-0.4, -0.2) is 0 Å². The molecule has 0 amide bonds. The second-order valence-corrected chi connectivity index (χ2v) is 11.8. The highest BCUT2D eigenvalue weighted by Crippen LogP contribution is 2.42. The summed E-state index contributed by atoms with van der Waals surface area (Å²) >= 11 is 0. The minimum absolute atomic E-state index is 0.490. The zero-order chi connectivity index (χ0) is 24.6. The number of aryl methyl sites for hydroxylation is 1. The Morgan fingerprint density at radius 2 is 1.66 bits per heavy atom. The Morgan fingerprint density at radius 3 is 2.34 bits per heavy atom. The van der Waals surface area contributed by atoms with Gasteiger partial charge in [-0.1, -0.05) is 69.0 Å². The zero-order valence-electron chi connectivity index (χ0n) is 21.9. The fraction of sp³-hybridized carbons (Fsp3) is 0.636. The first-order valence-corrected chi connectivity index (χ1v) is 14.5. The average Bonchev–Trinajstić information content (AvgIpc) is 2.89. The van der Waals surface area contributed by atoms with Crippen LogP contribution in [0.25, 0.3) is 5.57 Å². The Balaban J connectivity index is 1.27. The smallest absolute Gasteiger partial charge is 0.166 e. The number of halogens is 2. The summed E-state index contributed by atoms with van der Waals surface area (Å²) in [6, 6.07) is 3.65. The van der Waals surface area contributed by atoms with E-state index in [0.29, 0.717) is 29.4 Å². The minimum Gasteiger partial charge on any atom is -0.203 e. The lowest BCUT2D eigenvalue weighted by Gasteiger charge is -2.35. The van der Waals surface area contributed by atoms with Crippen molar-refractivity contribution in [3.8, 4) is 0 Å². The highest BCUT2D eigenvalue weighted by molar-refractivity contribution is 5.67. The van der Waals surface area contributed by atoms with E-state index in [1.165, 1.54) is 57.8 Å². The first-order chi connectivity index (χ1) is 17.0.